The van der Waals surface area contributed by atoms with Gasteiger partial charge >= 0.3 is 11.9 Å². The Morgan fingerprint density at radius 3 is 2.60 bits per heavy atom. The molecule has 0 saturated carbocycles. The Bertz CT molecular complexity index is 653. The van der Waals surface area contributed by atoms with Gasteiger partial charge in [-0.15, -0.1) is 12.4 Å². The fraction of sp³-hybridized carbons (Fsp3) is 0.412. The monoisotopic (exact) mass is 405 g/mol. The maximum atomic E-state index is 12.4. The van der Waals surface area contributed by atoms with Crippen LogP contribution in [0, 0.1) is 0 Å². The number of ether oxygens (including phenoxy) is 2. The molecule has 0 radical (unpaired) electrons. The minimum absolute atomic E-state index is 0. The number of benzene rings is 1. The molecule has 1 heterocycles. The number of methoxy groups -OCH3 is 2. The zero-order valence-corrected chi connectivity index (χ0v) is 16.4. The van der Waals surface area contributed by atoms with Crippen LogP contribution in [0.2, 0.25) is 5.02 Å². The molecule has 1 aliphatic rings. The molecule has 0 aliphatic carbocycles. The second kappa shape index (κ2) is 10.1. The van der Waals surface area contributed by atoms with Gasteiger partial charge in [0.25, 0.3) is 0 Å². The number of halogens is 2. The van der Waals surface area contributed by atoms with Crippen LogP contribution in [0.1, 0.15) is 18.0 Å². The summed E-state index contributed by atoms with van der Waals surface area (Å²) >= 11 is 10.8. The number of rotatable bonds is 4. The van der Waals surface area contributed by atoms with Gasteiger partial charge in [0.05, 0.1) is 14.2 Å². The summed E-state index contributed by atoms with van der Waals surface area (Å²) in [5.74, 6) is -0.823. The van der Waals surface area contributed by atoms with Crippen molar-refractivity contribution in [1.29, 1.82) is 0 Å². The molecule has 8 heteroatoms. The number of carbonyl (C=O) groups excluding carboxylic acids is 2. The van der Waals surface area contributed by atoms with E-state index in [0.717, 1.165) is 5.57 Å². The van der Waals surface area contributed by atoms with Crippen molar-refractivity contribution < 1.29 is 19.1 Å². The van der Waals surface area contributed by atoms with Gasteiger partial charge in [0, 0.05) is 29.4 Å². The lowest BCUT2D eigenvalue weighted by Crippen LogP contribution is -2.42. The van der Waals surface area contributed by atoms with Gasteiger partial charge in [-0.3, -0.25) is 4.90 Å². The minimum atomic E-state index is -0.634. The molecule has 0 amide bonds. The van der Waals surface area contributed by atoms with Crippen molar-refractivity contribution >= 4 is 48.6 Å². The Balaban J connectivity index is 0.00000312. The van der Waals surface area contributed by atoms with E-state index in [4.69, 9.17) is 16.3 Å². The molecule has 0 bridgehead atoms. The molecule has 25 heavy (non-hydrogen) atoms. The maximum Gasteiger partial charge on any atom is 0.330 e. The highest BCUT2D eigenvalue weighted by atomic mass is 35.5. The van der Waals surface area contributed by atoms with Crippen LogP contribution >= 0.6 is 36.6 Å². The summed E-state index contributed by atoms with van der Waals surface area (Å²) in [7, 11) is 2.68. The summed E-state index contributed by atoms with van der Waals surface area (Å²) in [5, 5.41) is 0.448. The normalized spacial score (nSPS) is 20.5. The summed E-state index contributed by atoms with van der Waals surface area (Å²) in [6, 6.07) is 6.55. The second-order valence-corrected chi connectivity index (χ2v) is 6.50. The lowest BCUT2D eigenvalue weighted by Gasteiger charge is -2.36. The van der Waals surface area contributed by atoms with Crippen molar-refractivity contribution in [1.82, 2.24) is 4.90 Å². The first-order chi connectivity index (χ1) is 11.5. The Morgan fingerprint density at radius 2 is 2.00 bits per heavy atom. The average molecular weight is 406 g/mol. The van der Waals surface area contributed by atoms with Crippen LogP contribution in [0.3, 0.4) is 0 Å². The molecule has 5 nitrogen and oxygen atoms in total. The molecule has 2 atom stereocenters. The van der Waals surface area contributed by atoms with Gasteiger partial charge in [0.1, 0.15) is 6.04 Å². The number of likely N-dealkylation sites (tertiary alicyclic amines) is 1. The van der Waals surface area contributed by atoms with E-state index in [1.807, 2.05) is 17.0 Å². The SMILES string of the molecule is COC(=O)C=C1CN(C(C(=O)OC)c2ccccc2Cl)CCC1S.Cl. The number of hydrogen-bond acceptors (Lipinski definition) is 6. The first-order valence-corrected chi connectivity index (χ1v) is 8.40. The van der Waals surface area contributed by atoms with Gasteiger partial charge in [-0.2, -0.15) is 12.6 Å². The van der Waals surface area contributed by atoms with Gasteiger partial charge in [0.2, 0.25) is 0 Å². The van der Waals surface area contributed by atoms with Crippen LogP contribution in [0.5, 0.6) is 0 Å². The summed E-state index contributed by atoms with van der Waals surface area (Å²) in [6.07, 6.45) is 2.13. The minimum Gasteiger partial charge on any atom is -0.468 e. The van der Waals surface area contributed by atoms with E-state index in [-0.39, 0.29) is 17.7 Å². The van der Waals surface area contributed by atoms with Crippen molar-refractivity contribution in [3.63, 3.8) is 0 Å². The van der Waals surface area contributed by atoms with Crippen molar-refractivity contribution in [2.75, 3.05) is 27.3 Å². The Kier molecular flexibility index (Phi) is 8.79. The standard InChI is InChI=1S/C17H20ClNO4S.ClH/c1-22-15(20)9-11-10-19(8-7-14(11)24)16(17(21)23-2)12-5-3-4-6-13(12)18;/h3-6,9,14,16,24H,7-8,10H2,1-2H3;1H. The van der Waals surface area contributed by atoms with Crippen molar-refractivity contribution in [2.24, 2.45) is 0 Å². The van der Waals surface area contributed by atoms with Gasteiger partial charge in [0.15, 0.2) is 0 Å². The number of esters is 2. The lowest BCUT2D eigenvalue weighted by atomic mass is 9.98. The molecular weight excluding hydrogens is 385 g/mol. The molecule has 2 rings (SSSR count). The van der Waals surface area contributed by atoms with Gasteiger partial charge in [-0.25, -0.2) is 9.59 Å². The van der Waals surface area contributed by atoms with E-state index in [1.54, 1.807) is 12.1 Å². The predicted octanol–water partition coefficient (Wildman–Crippen LogP) is 3.08. The Morgan fingerprint density at radius 1 is 1.32 bits per heavy atom. The van der Waals surface area contributed by atoms with Crippen LogP contribution < -0.4 is 0 Å². The first kappa shape index (κ1) is 21.8. The molecule has 0 N–H and O–H groups in total. The molecule has 138 valence electrons. The molecule has 1 saturated heterocycles. The van der Waals surface area contributed by atoms with Gasteiger partial charge < -0.3 is 9.47 Å². The third-order valence-corrected chi connectivity index (χ3v) is 4.93. The zero-order chi connectivity index (χ0) is 17.7. The van der Waals surface area contributed by atoms with Gasteiger partial charge in [-0.05, 0) is 23.6 Å². The van der Waals surface area contributed by atoms with E-state index >= 15 is 0 Å². The smallest absolute Gasteiger partial charge is 0.330 e. The van der Waals surface area contributed by atoms with Crippen molar-refractivity contribution in [3.05, 3.63) is 46.5 Å². The van der Waals surface area contributed by atoms with E-state index in [9.17, 15) is 9.59 Å². The highest BCUT2D eigenvalue weighted by molar-refractivity contribution is 7.81. The predicted molar refractivity (Wildman–Crippen MR) is 103 cm³/mol. The molecule has 0 aromatic heterocycles. The summed E-state index contributed by atoms with van der Waals surface area (Å²) in [4.78, 5) is 25.9. The molecule has 1 aromatic carbocycles. The number of nitrogens with zero attached hydrogens (tertiary/aromatic N) is 1. The summed E-state index contributed by atoms with van der Waals surface area (Å²) in [6.45, 7) is 1.05. The fourth-order valence-electron chi connectivity index (χ4n) is 2.75. The van der Waals surface area contributed by atoms with E-state index in [1.165, 1.54) is 20.3 Å². The van der Waals surface area contributed by atoms with Crippen LogP contribution in [0.25, 0.3) is 0 Å². The van der Waals surface area contributed by atoms with Crippen LogP contribution in [-0.4, -0.2) is 49.4 Å². The average Bonchev–Trinajstić information content (AvgIpc) is 2.59. The van der Waals surface area contributed by atoms with Crippen LogP contribution in [-0.2, 0) is 19.1 Å². The molecule has 2 unspecified atom stereocenters. The highest BCUT2D eigenvalue weighted by Gasteiger charge is 2.34. The zero-order valence-electron chi connectivity index (χ0n) is 14.0. The number of hydrogen-bond donors (Lipinski definition) is 1. The van der Waals surface area contributed by atoms with Crippen LogP contribution in [0.15, 0.2) is 35.9 Å². The van der Waals surface area contributed by atoms with E-state index in [0.29, 0.717) is 30.1 Å². The third kappa shape index (κ3) is 5.38. The lowest BCUT2D eigenvalue weighted by molar-refractivity contribution is -0.147. The quantitative estimate of drug-likeness (QED) is 0.473. The molecular formula is C17H21Cl2NO4S. The summed E-state index contributed by atoms with van der Waals surface area (Å²) < 4.78 is 9.66. The number of carbonyl (C=O) groups is 2. The fourth-order valence-corrected chi connectivity index (χ4v) is 3.26. The number of piperidine rings is 1. The topological polar surface area (TPSA) is 55.8 Å². The first-order valence-electron chi connectivity index (χ1n) is 7.50. The van der Waals surface area contributed by atoms with Gasteiger partial charge in [-0.1, -0.05) is 29.8 Å². The second-order valence-electron chi connectivity index (χ2n) is 5.46. The van der Waals surface area contributed by atoms with Crippen molar-refractivity contribution in [2.45, 2.75) is 17.7 Å². The Labute approximate surface area is 164 Å². The Hall–Kier alpha value is -1.21. The van der Waals surface area contributed by atoms with Crippen LogP contribution in [0.4, 0.5) is 0 Å². The highest BCUT2D eigenvalue weighted by Crippen LogP contribution is 2.33. The molecule has 1 fully saturated rings. The van der Waals surface area contributed by atoms with E-state index in [2.05, 4.69) is 17.4 Å². The molecule has 1 aromatic rings. The summed E-state index contributed by atoms with van der Waals surface area (Å²) in [5.41, 5.74) is 1.48. The number of thiol groups is 1. The largest absolute Gasteiger partial charge is 0.468 e. The third-order valence-electron chi connectivity index (χ3n) is 4.00. The molecule has 1 aliphatic heterocycles. The maximum absolute atomic E-state index is 12.4. The van der Waals surface area contributed by atoms with E-state index < -0.39 is 18.0 Å². The van der Waals surface area contributed by atoms with Crippen molar-refractivity contribution in [3.8, 4) is 0 Å². The molecule has 0 spiro atoms.